The van der Waals surface area contributed by atoms with E-state index in [4.69, 9.17) is 17.3 Å². The maximum atomic E-state index is 6.16. The summed E-state index contributed by atoms with van der Waals surface area (Å²) in [5, 5.41) is 0.828. The summed E-state index contributed by atoms with van der Waals surface area (Å²) in [4.78, 5) is 2.48. The molecule has 98 valence electrons. The number of hydrogen-bond donors (Lipinski definition) is 1. The van der Waals surface area contributed by atoms with Crippen LogP contribution in [0.5, 0.6) is 0 Å². The maximum absolute atomic E-state index is 6.16. The molecule has 1 spiro atoms. The van der Waals surface area contributed by atoms with Crippen molar-refractivity contribution in [3.05, 3.63) is 29.3 Å². The van der Waals surface area contributed by atoms with Crippen molar-refractivity contribution < 1.29 is 0 Å². The van der Waals surface area contributed by atoms with E-state index in [0.29, 0.717) is 11.5 Å². The second-order valence-corrected chi connectivity index (χ2v) is 6.44. The maximum Gasteiger partial charge on any atom is 0.0426 e. The van der Waals surface area contributed by atoms with Crippen LogP contribution in [0.1, 0.15) is 32.1 Å². The van der Waals surface area contributed by atoms with E-state index in [1.165, 1.54) is 37.8 Å². The molecule has 1 saturated heterocycles. The van der Waals surface area contributed by atoms with Gasteiger partial charge in [-0.1, -0.05) is 24.1 Å². The van der Waals surface area contributed by atoms with Crippen molar-refractivity contribution >= 4 is 17.3 Å². The smallest absolute Gasteiger partial charge is 0.0426 e. The van der Waals surface area contributed by atoms with Crippen LogP contribution in [-0.2, 0) is 0 Å². The molecule has 2 fully saturated rings. The van der Waals surface area contributed by atoms with Gasteiger partial charge in [-0.2, -0.15) is 0 Å². The van der Waals surface area contributed by atoms with E-state index in [-0.39, 0.29) is 0 Å². The normalized spacial score (nSPS) is 32.1. The summed E-state index contributed by atoms with van der Waals surface area (Å²) in [5.41, 5.74) is 7.89. The first-order chi connectivity index (χ1) is 8.67. The topological polar surface area (TPSA) is 29.3 Å². The van der Waals surface area contributed by atoms with Crippen molar-refractivity contribution in [2.45, 2.75) is 38.1 Å². The van der Waals surface area contributed by atoms with Crippen LogP contribution in [0.25, 0.3) is 0 Å². The minimum atomic E-state index is 0.415. The minimum Gasteiger partial charge on any atom is -0.371 e. The quantitative estimate of drug-likeness (QED) is 0.842. The fourth-order valence-electron chi connectivity index (χ4n) is 3.70. The number of halogens is 1. The Bertz CT molecular complexity index is 434. The lowest BCUT2D eigenvalue weighted by Crippen LogP contribution is -2.38. The molecule has 0 bridgehead atoms. The highest BCUT2D eigenvalue weighted by molar-refractivity contribution is 6.30. The Labute approximate surface area is 114 Å². The number of nitrogens with zero attached hydrogens (tertiary/aromatic N) is 1. The highest BCUT2D eigenvalue weighted by Crippen LogP contribution is 2.44. The molecule has 1 aromatic rings. The Morgan fingerprint density at radius 1 is 1.33 bits per heavy atom. The van der Waals surface area contributed by atoms with Gasteiger partial charge in [0.2, 0.25) is 0 Å². The second-order valence-electron chi connectivity index (χ2n) is 6.01. The lowest BCUT2D eigenvalue weighted by Gasteiger charge is -2.36. The van der Waals surface area contributed by atoms with Gasteiger partial charge in [-0.05, 0) is 49.3 Å². The first kappa shape index (κ1) is 12.3. The van der Waals surface area contributed by atoms with Crippen LogP contribution in [0.4, 0.5) is 5.69 Å². The third-order valence-electron chi connectivity index (χ3n) is 4.59. The first-order valence-electron chi connectivity index (χ1n) is 6.93. The number of rotatable bonds is 1. The number of benzene rings is 1. The fraction of sp³-hybridized carbons (Fsp3) is 0.600. The molecule has 1 heterocycles. The van der Waals surface area contributed by atoms with Gasteiger partial charge in [0.05, 0.1) is 0 Å². The predicted octanol–water partition coefficient (Wildman–Crippen LogP) is 3.44. The molecule has 2 nitrogen and oxygen atoms in total. The zero-order valence-electron chi connectivity index (χ0n) is 10.7. The molecule has 0 unspecified atom stereocenters. The molecule has 0 aromatic heterocycles. The minimum absolute atomic E-state index is 0.415. The average molecular weight is 265 g/mol. The zero-order valence-corrected chi connectivity index (χ0v) is 11.5. The lowest BCUT2D eigenvalue weighted by atomic mass is 9.72. The number of anilines is 1. The van der Waals surface area contributed by atoms with Crippen LogP contribution in [0.2, 0.25) is 5.02 Å². The average Bonchev–Trinajstić information content (AvgIpc) is 2.73. The van der Waals surface area contributed by atoms with Crippen LogP contribution < -0.4 is 10.6 Å². The molecule has 2 aliphatic rings. The van der Waals surface area contributed by atoms with E-state index < -0.39 is 0 Å². The highest BCUT2D eigenvalue weighted by atomic mass is 35.5. The molecular formula is C15H21ClN2. The van der Waals surface area contributed by atoms with Crippen molar-refractivity contribution in [3.8, 4) is 0 Å². The van der Waals surface area contributed by atoms with Crippen LogP contribution >= 0.6 is 11.6 Å². The van der Waals surface area contributed by atoms with Crippen molar-refractivity contribution in [1.82, 2.24) is 0 Å². The van der Waals surface area contributed by atoms with Gasteiger partial charge in [0.1, 0.15) is 0 Å². The van der Waals surface area contributed by atoms with Crippen LogP contribution in [0.3, 0.4) is 0 Å². The van der Waals surface area contributed by atoms with Crippen LogP contribution in [-0.4, -0.2) is 19.1 Å². The molecule has 18 heavy (non-hydrogen) atoms. The molecule has 2 atom stereocenters. The SMILES string of the molecule is N[C@@H]1CCC[C@@]2(CCN(c3cccc(Cl)c3)C2)C1. The first-order valence-corrected chi connectivity index (χ1v) is 7.31. The molecule has 2 N–H and O–H groups in total. The Balaban J connectivity index is 1.75. The summed E-state index contributed by atoms with van der Waals surface area (Å²) in [5.74, 6) is 0. The van der Waals surface area contributed by atoms with Gasteiger partial charge in [-0.25, -0.2) is 0 Å². The Hall–Kier alpha value is -0.730. The van der Waals surface area contributed by atoms with Gasteiger partial charge in [0.25, 0.3) is 0 Å². The van der Waals surface area contributed by atoms with E-state index in [1.54, 1.807) is 0 Å². The van der Waals surface area contributed by atoms with Gasteiger partial charge in [-0.3, -0.25) is 0 Å². The molecule has 1 saturated carbocycles. The number of hydrogen-bond acceptors (Lipinski definition) is 2. The van der Waals surface area contributed by atoms with E-state index in [2.05, 4.69) is 17.0 Å². The van der Waals surface area contributed by atoms with Gasteiger partial charge < -0.3 is 10.6 Å². The summed E-state index contributed by atoms with van der Waals surface area (Å²) < 4.78 is 0. The van der Waals surface area contributed by atoms with Crippen molar-refractivity contribution in [1.29, 1.82) is 0 Å². The molecule has 1 aliphatic heterocycles. The van der Waals surface area contributed by atoms with E-state index in [0.717, 1.165) is 18.1 Å². The number of nitrogens with two attached hydrogens (primary N) is 1. The third kappa shape index (κ3) is 2.36. The van der Waals surface area contributed by atoms with E-state index in [9.17, 15) is 0 Å². The standard InChI is InChI=1S/C15H21ClN2/c16-12-3-1-5-14(9-12)18-8-7-15(11-18)6-2-4-13(17)10-15/h1,3,5,9,13H,2,4,6-8,10-11,17H2/t13-,15-/m1/s1. The molecule has 0 amide bonds. The lowest BCUT2D eigenvalue weighted by molar-refractivity contribution is 0.198. The second kappa shape index (κ2) is 4.75. The van der Waals surface area contributed by atoms with E-state index >= 15 is 0 Å². The zero-order chi connectivity index (χ0) is 12.6. The fourth-order valence-corrected chi connectivity index (χ4v) is 3.88. The summed E-state index contributed by atoms with van der Waals surface area (Å²) in [7, 11) is 0. The van der Waals surface area contributed by atoms with Gasteiger partial charge >= 0.3 is 0 Å². The largest absolute Gasteiger partial charge is 0.371 e. The Kier molecular flexibility index (Phi) is 3.25. The summed E-state index contributed by atoms with van der Waals surface area (Å²) in [6.45, 7) is 2.30. The molecule has 1 aliphatic carbocycles. The van der Waals surface area contributed by atoms with Gasteiger partial charge in [-0.15, -0.1) is 0 Å². The highest BCUT2D eigenvalue weighted by Gasteiger charge is 2.41. The molecule has 1 aromatic carbocycles. The predicted molar refractivity (Wildman–Crippen MR) is 77.2 cm³/mol. The summed E-state index contributed by atoms with van der Waals surface area (Å²) >= 11 is 6.08. The van der Waals surface area contributed by atoms with Crippen LogP contribution in [0.15, 0.2) is 24.3 Å². The summed E-state index contributed by atoms with van der Waals surface area (Å²) in [6, 6.07) is 8.62. The Morgan fingerprint density at radius 2 is 2.22 bits per heavy atom. The monoisotopic (exact) mass is 264 g/mol. The molecular weight excluding hydrogens is 244 g/mol. The molecule has 0 radical (unpaired) electrons. The molecule has 3 rings (SSSR count). The van der Waals surface area contributed by atoms with Crippen molar-refractivity contribution in [3.63, 3.8) is 0 Å². The van der Waals surface area contributed by atoms with Gasteiger partial charge in [0.15, 0.2) is 0 Å². The van der Waals surface area contributed by atoms with Crippen LogP contribution in [0, 0.1) is 5.41 Å². The molecule has 3 heteroatoms. The Morgan fingerprint density at radius 3 is 3.00 bits per heavy atom. The van der Waals surface area contributed by atoms with Gasteiger partial charge in [0, 0.05) is 29.8 Å². The summed E-state index contributed by atoms with van der Waals surface area (Å²) in [6.07, 6.45) is 6.33. The van der Waals surface area contributed by atoms with Crippen molar-refractivity contribution in [2.75, 3.05) is 18.0 Å². The van der Waals surface area contributed by atoms with Crippen molar-refractivity contribution in [2.24, 2.45) is 11.1 Å². The van der Waals surface area contributed by atoms with E-state index in [1.807, 2.05) is 12.1 Å². The third-order valence-corrected chi connectivity index (χ3v) is 4.82.